The Kier molecular flexibility index (Phi) is 6.91. The molecular weight excluding hydrogens is 330 g/mol. The molecule has 0 saturated carbocycles. The van der Waals surface area contributed by atoms with Gasteiger partial charge in [0.15, 0.2) is 5.96 Å². The van der Waals surface area contributed by atoms with E-state index in [2.05, 4.69) is 25.5 Å². The third-order valence-corrected chi connectivity index (χ3v) is 5.48. The van der Waals surface area contributed by atoms with E-state index in [4.69, 9.17) is 9.15 Å². The summed E-state index contributed by atoms with van der Waals surface area (Å²) in [5.41, 5.74) is 1.00. The van der Waals surface area contributed by atoms with Gasteiger partial charge in [-0.15, -0.1) is 0 Å². The van der Waals surface area contributed by atoms with Gasteiger partial charge in [-0.3, -0.25) is 9.89 Å². The number of aryl methyl sites for hydroxylation is 2. The van der Waals surface area contributed by atoms with Crippen molar-refractivity contribution >= 4 is 5.96 Å². The first-order valence-corrected chi connectivity index (χ1v) is 9.84. The van der Waals surface area contributed by atoms with Crippen LogP contribution in [0, 0.1) is 19.8 Å². The van der Waals surface area contributed by atoms with Gasteiger partial charge in [-0.25, -0.2) is 4.98 Å². The Morgan fingerprint density at radius 2 is 1.92 bits per heavy atom. The fraction of sp³-hybridized carbons (Fsp3) is 0.789. The first-order valence-electron chi connectivity index (χ1n) is 9.84. The molecule has 0 spiro atoms. The van der Waals surface area contributed by atoms with Crippen molar-refractivity contribution in [2.45, 2.75) is 52.1 Å². The topological polar surface area (TPSA) is 74.9 Å². The Morgan fingerprint density at radius 3 is 2.54 bits per heavy atom. The summed E-state index contributed by atoms with van der Waals surface area (Å²) in [5.74, 6) is 3.39. The van der Waals surface area contributed by atoms with Crippen LogP contribution in [0.25, 0.3) is 0 Å². The predicted octanol–water partition coefficient (Wildman–Crippen LogP) is 1.85. The zero-order chi connectivity index (χ0) is 18.4. The van der Waals surface area contributed by atoms with Crippen molar-refractivity contribution in [2.24, 2.45) is 10.9 Å². The standard InChI is InChI=1S/C19H33N5O2/c1-14-15(2)26-18(22-14)13-24-8-4-16(5-9-24)12-21-19(20-3)23-17-6-10-25-11-7-17/h16-17H,4-13H2,1-3H3,(H2,20,21,23). The Balaban J connectivity index is 1.36. The minimum absolute atomic E-state index is 0.476. The smallest absolute Gasteiger partial charge is 0.208 e. The molecule has 26 heavy (non-hydrogen) atoms. The molecule has 0 bridgehead atoms. The number of rotatable bonds is 5. The van der Waals surface area contributed by atoms with Crippen molar-refractivity contribution in [1.82, 2.24) is 20.5 Å². The van der Waals surface area contributed by atoms with Crippen molar-refractivity contribution in [2.75, 3.05) is 39.9 Å². The first-order chi connectivity index (χ1) is 12.6. The predicted molar refractivity (Wildman–Crippen MR) is 102 cm³/mol. The van der Waals surface area contributed by atoms with Crippen molar-refractivity contribution in [3.63, 3.8) is 0 Å². The van der Waals surface area contributed by atoms with E-state index in [0.717, 1.165) is 75.5 Å². The van der Waals surface area contributed by atoms with Gasteiger partial charge >= 0.3 is 0 Å². The lowest BCUT2D eigenvalue weighted by molar-refractivity contribution is 0.0822. The maximum atomic E-state index is 5.71. The second-order valence-electron chi connectivity index (χ2n) is 7.45. The highest BCUT2D eigenvalue weighted by Crippen LogP contribution is 2.19. The van der Waals surface area contributed by atoms with Gasteiger partial charge in [0.2, 0.25) is 5.89 Å². The summed E-state index contributed by atoms with van der Waals surface area (Å²) >= 11 is 0. The monoisotopic (exact) mass is 363 g/mol. The summed E-state index contributed by atoms with van der Waals surface area (Å²) in [6.07, 6.45) is 4.50. The minimum atomic E-state index is 0.476. The number of oxazole rings is 1. The Bertz CT molecular complexity index is 567. The van der Waals surface area contributed by atoms with Gasteiger partial charge in [0.05, 0.1) is 12.2 Å². The SMILES string of the molecule is CN=C(NCC1CCN(Cc2nc(C)c(C)o2)CC1)NC1CCOCC1. The maximum Gasteiger partial charge on any atom is 0.208 e. The van der Waals surface area contributed by atoms with Crippen molar-refractivity contribution in [3.8, 4) is 0 Å². The van der Waals surface area contributed by atoms with Crippen LogP contribution in [0.3, 0.4) is 0 Å². The number of likely N-dealkylation sites (tertiary alicyclic amines) is 1. The molecule has 0 atom stereocenters. The molecule has 3 rings (SSSR count). The zero-order valence-electron chi connectivity index (χ0n) is 16.4. The quantitative estimate of drug-likeness (QED) is 0.614. The van der Waals surface area contributed by atoms with E-state index in [1.165, 1.54) is 12.8 Å². The average molecular weight is 364 g/mol. The normalized spacial score (nSPS) is 21.1. The largest absolute Gasteiger partial charge is 0.444 e. The second kappa shape index (κ2) is 9.37. The van der Waals surface area contributed by atoms with Gasteiger partial charge < -0.3 is 19.8 Å². The van der Waals surface area contributed by atoms with E-state index in [1.54, 1.807) is 0 Å². The number of hydrogen-bond donors (Lipinski definition) is 2. The Morgan fingerprint density at radius 1 is 1.19 bits per heavy atom. The van der Waals surface area contributed by atoms with Gasteiger partial charge in [-0.1, -0.05) is 0 Å². The molecular formula is C19H33N5O2. The van der Waals surface area contributed by atoms with Crippen LogP contribution in [0.2, 0.25) is 0 Å². The summed E-state index contributed by atoms with van der Waals surface area (Å²) in [6.45, 7) is 9.66. The second-order valence-corrected chi connectivity index (χ2v) is 7.45. The van der Waals surface area contributed by atoms with Crippen LogP contribution in [0.4, 0.5) is 0 Å². The molecule has 2 N–H and O–H groups in total. The van der Waals surface area contributed by atoms with Crippen molar-refractivity contribution in [3.05, 3.63) is 17.3 Å². The van der Waals surface area contributed by atoms with Gasteiger partial charge in [-0.2, -0.15) is 0 Å². The molecule has 7 nitrogen and oxygen atoms in total. The summed E-state index contributed by atoms with van der Waals surface area (Å²) in [4.78, 5) is 11.3. The van der Waals surface area contributed by atoms with Crippen LogP contribution in [0.15, 0.2) is 9.41 Å². The highest BCUT2D eigenvalue weighted by molar-refractivity contribution is 5.79. The fourth-order valence-corrected chi connectivity index (χ4v) is 3.62. The molecule has 0 radical (unpaired) electrons. The third kappa shape index (κ3) is 5.45. The molecule has 0 amide bonds. The van der Waals surface area contributed by atoms with E-state index in [0.29, 0.717) is 12.0 Å². The molecule has 1 aromatic heterocycles. The molecule has 2 aliphatic rings. The van der Waals surface area contributed by atoms with Crippen LogP contribution in [-0.4, -0.2) is 61.8 Å². The van der Waals surface area contributed by atoms with Crippen molar-refractivity contribution in [1.29, 1.82) is 0 Å². The number of hydrogen-bond acceptors (Lipinski definition) is 5. The highest BCUT2D eigenvalue weighted by Gasteiger charge is 2.21. The molecule has 146 valence electrons. The first kappa shape index (κ1) is 19.2. The maximum absolute atomic E-state index is 5.71. The summed E-state index contributed by atoms with van der Waals surface area (Å²) in [6, 6.07) is 0.476. The Hall–Kier alpha value is -1.60. The molecule has 2 fully saturated rings. The number of piperidine rings is 1. The molecule has 2 saturated heterocycles. The highest BCUT2D eigenvalue weighted by atomic mass is 16.5. The molecule has 7 heteroatoms. The summed E-state index contributed by atoms with van der Waals surface area (Å²) < 4.78 is 11.1. The number of aliphatic imine (C=N–C) groups is 1. The van der Waals surface area contributed by atoms with Crippen LogP contribution in [0.1, 0.15) is 43.0 Å². The molecule has 0 unspecified atom stereocenters. The molecule has 0 aromatic carbocycles. The van der Waals surface area contributed by atoms with E-state index in [1.807, 2.05) is 20.9 Å². The van der Waals surface area contributed by atoms with Gasteiger partial charge in [0.25, 0.3) is 0 Å². The summed E-state index contributed by atoms with van der Waals surface area (Å²) in [5, 5.41) is 7.03. The number of nitrogens with one attached hydrogen (secondary N) is 2. The lowest BCUT2D eigenvalue weighted by atomic mass is 9.97. The van der Waals surface area contributed by atoms with Gasteiger partial charge in [0.1, 0.15) is 5.76 Å². The van der Waals surface area contributed by atoms with E-state index in [-0.39, 0.29) is 0 Å². The third-order valence-electron chi connectivity index (χ3n) is 5.48. The zero-order valence-corrected chi connectivity index (χ0v) is 16.4. The molecule has 0 aliphatic carbocycles. The van der Waals surface area contributed by atoms with E-state index < -0.39 is 0 Å². The van der Waals surface area contributed by atoms with Crippen LogP contribution < -0.4 is 10.6 Å². The van der Waals surface area contributed by atoms with Crippen LogP contribution in [0.5, 0.6) is 0 Å². The lowest BCUT2D eigenvalue weighted by Crippen LogP contribution is -2.47. The number of aromatic nitrogens is 1. The molecule has 2 aliphatic heterocycles. The fourth-order valence-electron chi connectivity index (χ4n) is 3.62. The van der Waals surface area contributed by atoms with Gasteiger partial charge in [-0.05, 0) is 58.5 Å². The summed E-state index contributed by atoms with van der Waals surface area (Å²) in [7, 11) is 1.84. The molecule has 1 aromatic rings. The van der Waals surface area contributed by atoms with E-state index >= 15 is 0 Å². The number of nitrogens with zero attached hydrogens (tertiary/aromatic N) is 3. The van der Waals surface area contributed by atoms with Crippen molar-refractivity contribution < 1.29 is 9.15 Å². The number of ether oxygens (including phenoxy) is 1. The number of guanidine groups is 1. The average Bonchev–Trinajstić information content (AvgIpc) is 2.98. The molecule has 3 heterocycles. The van der Waals surface area contributed by atoms with Crippen LogP contribution >= 0.6 is 0 Å². The van der Waals surface area contributed by atoms with Gasteiger partial charge in [0, 0.05) is 32.8 Å². The van der Waals surface area contributed by atoms with E-state index in [9.17, 15) is 0 Å². The minimum Gasteiger partial charge on any atom is -0.444 e. The van der Waals surface area contributed by atoms with Crippen LogP contribution in [-0.2, 0) is 11.3 Å². The lowest BCUT2D eigenvalue weighted by Gasteiger charge is -2.32. The Labute approximate surface area is 156 Å².